The Morgan fingerprint density at radius 1 is 0.963 bits per heavy atom. The summed E-state index contributed by atoms with van der Waals surface area (Å²) in [6.45, 7) is 4.23. The highest BCUT2D eigenvalue weighted by molar-refractivity contribution is 5.85. The summed E-state index contributed by atoms with van der Waals surface area (Å²) in [4.78, 5) is 4.70. The molecule has 0 spiro atoms. The molecule has 0 N–H and O–H groups in total. The highest BCUT2D eigenvalue weighted by Crippen LogP contribution is 2.33. The Balaban J connectivity index is 1.91. The number of hydrogen-bond acceptors (Lipinski definition) is 2. The van der Waals surface area contributed by atoms with Gasteiger partial charge in [0.1, 0.15) is 0 Å². The number of pyridine rings is 1. The van der Waals surface area contributed by atoms with E-state index in [-0.39, 0.29) is 5.56 Å². The van der Waals surface area contributed by atoms with E-state index < -0.39 is 6.43 Å². The number of halogens is 2. The summed E-state index contributed by atoms with van der Waals surface area (Å²) < 4.78 is 29.3. The van der Waals surface area contributed by atoms with Gasteiger partial charge in [0.2, 0.25) is 0 Å². The maximum absolute atomic E-state index is 13.8. The fourth-order valence-electron chi connectivity index (χ4n) is 3.30. The standard InChI is InChI=1S/C22H19F2N3/c1-14-8-10-17(11-9-14)19-12-18(21(23)24)20-15(2)26-27(22(20)25-19)13-16-6-4-3-5-7-16/h3-12,21H,13H2,1-2H3. The third-order valence-electron chi connectivity index (χ3n) is 4.67. The molecule has 2 heterocycles. The molecule has 27 heavy (non-hydrogen) atoms. The number of alkyl halides is 2. The van der Waals surface area contributed by atoms with Crippen LogP contribution >= 0.6 is 0 Å². The van der Waals surface area contributed by atoms with Crippen LogP contribution in [0.3, 0.4) is 0 Å². The highest BCUT2D eigenvalue weighted by Gasteiger charge is 2.21. The van der Waals surface area contributed by atoms with E-state index in [0.717, 1.165) is 16.7 Å². The van der Waals surface area contributed by atoms with Crippen molar-refractivity contribution in [3.63, 3.8) is 0 Å². The maximum atomic E-state index is 13.8. The minimum Gasteiger partial charge on any atom is -0.243 e. The predicted octanol–water partition coefficient (Wildman–Crippen LogP) is 5.70. The van der Waals surface area contributed by atoms with Crippen LogP contribution in [0, 0.1) is 13.8 Å². The average molecular weight is 363 g/mol. The van der Waals surface area contributed by atoms with Gasteiger partial charge >= 0.3 is 0 Å². The summed E-state index contributed by atoms with van der Waals surface area (Å²) in [6.07, 6.45) is -2.59. The van der Waals surface area contributed by atoms with Crippen LogP contribution in [0.15, 0.2) is 60.7 Å². The number of fused-ring (bicyclic) bond motifs is 1. The van der Waals surface area contributed by atoms with Crippen LogP contribution in [-0.2, 0) is 6.54 Å². The smallest absolute Gasteiger partial charge is 0.243 e. The number of benzene rings is 2. The molecule has 0 saturated carbocycles. The van der Waals surface area contributed by atoms with E-state index in [9.17, 15) is 8.78 Å². The fraction of sp³-hybridized carbons (Fsp3) is 0.182. The quantitative estimate of drug-likeness (QED) is 0.465. The van der Waals surface area contributed by atoms with Gasteiger partial charge in [-0.15, -0.1) is 0 Å². The van der Waals surface area contributed by atoms with Crippen molar-refractivity contribution in [1.29, 1.82) is 0 Å². The third-order valence-corrected chi connectivity index (χ3v) is 4.67. The number of hydrogen-bond donors (Lipinski definition) is 0. The largest absolute Gasteiger partial charge is 0.264 e. The van der Waals surface area contributed by atoms with Crippen molar-refractivity contribution in [1.82, 2.24) is 14.8 Å². The minimum absolute atomic E-state index is 0.0209. The summed E-state index contributed by atoms with van der Waals surface area (Å²) in [7, 11) is 0. The lowest BCUT2D eigenvalue weighted by Crippen LogP contribution is -2.03. The monoisotopic (exact) mass is 363 g/mol. The molecule has 0 unspecified atom stereocenters. The molecular formula is C22H19F2N3. The molecule has 3 nitrogen and oxygen atoms in total. The highest BCUT2D eigenvalue weighted by atomic mass is 19.3. The Bertz CT molecular complexity index is 1080. The van der Waals surface area contributed by atoms with Gasteiger partial charge in [0, 0.05) is 11.1 Å². The van der Waals surface area contributed by atoms with Gasteiger partial charge in [0.15, 0.2) is 5.65 Å². The van der Waals surface area contributed by atoms with Gasteiger partial charge in [-0.3, -0.25) is 0 Å². The lowest BCUT2D eigenvalue weighted by Gasteiger charge is -2.09. The van der Waals surface area contributed by atoms with Crippen molar-refractivity contribution in [3.05, 3.63) is 83.0 Å². The van der Waals surface area contributed by atoms with Gasteiger partial charge in [-0.1, -0.05) is 60.2 Å². The van der Waals surface area contributed by atoms with Crippen LogP contribution in [0.5, 0.6) is 0 Å². The molecule has 4 rings (SSSR count). The molecule has 0 bridgehead atoms. The molecule has 5 heteroatoms. The second-order valence-electron chi connectivity index (χ2n) is 6.69. The summed E-state index contributed by atoms with van der Waals surface area (Å²) >= 11 is 0. The van der Waals surface area contributed by atoms with Crippen molar-refractivity contribution in [2.45, 2.75) is 26.8 Å². The molecule has 0 atom stereocenters. The molecule has 0 fully saturated rings. The van der Waals surface area contributed by atoms with Crippen molar-refractivity contribution < 1.29 is 8.78 Å². The van der Waals surface area contributed by atoms with Gasteiger partial charge in [0.25, 0.3) is 6.43 Å². The van der Waals surface area contributed by atoms with E-state index in [2.05, 4.69) is 5.10 Å². The molecule has 4 aromatic rings. The average Bonchev–Trinajstić information content (AvgIpc) is 2.98. The molecule has 2 aromatic carbocycles. The Morgan fingerprint density at radius 2 is 1.67 bits per heavy atom. The lowest BCUT2D eigenvalue weighted by atomic mass is 10.0. The van der Waals surface area contributed by atoms with E-state index in [1.165, 1.54) is 6.07 Å². The molecule has 2 aromatic heterocycles. The van der Waals surface area contributed by atoms with Crippen LogP contribution in [-0.4, -0.2) is 14.8 Å². The molecule has 0 aliphatic rings. The van der Waals surface area contributed by atoms with Gasteiger partial charge in [-0.25, -0.2) is 18.4 Å². The van der Waals surface area contributed by atoms with E-state index in [1.54, 1.807) is 11.6 Å². The molecule has 0 aliphatic heterocycles. The molecular weight excluding hydrogens is 344 g/mol. The Morgan fingerprint density at radius 3 is 2.33 bits per heavy atom. The number of aryl methyl sites for hydroxylation is 2. The Hall–Kier alpha value is -3.08. The first-order valence-corrected chi connectivity index (χ1v) is 8.80. The number of aromatic nitrogens is 3. The first-order chi connectivity index (χ1) is 13.0. The van der Waals surface area contributed by atoms with Crippen molar-refractivity contribution >= 4 is 11.0 Å². The minimum atomic E-state index is -2.59. The molecule has 0 radical (unpaired) electrons. The molecule has 0 amide bonds. The second kappa shape index (κ2) is 6.91. The van der Waals surface area contributed by atoms with Crippen LogP contribution < -0.4 is 0 Å². The van der Waals surface area contributed by atoms with Gasteiger partial charge in [0.05, 0.1) is 23.3 Å². The van der Waals surface area contributed by atoms with Crippen LogP contribution in [0.2, 0.25) is 0 Å². The Labute approximate surface area is 156 Å². The summed E-state index contributed by atoms with van der Waals surface area (Å²) in [5.74, 6) is 0. The maximum Gasteiger partial charge on any atom is 0.264 e. The zero-order chi connectivity index (χ0) is 19.0. The molecule has 136 valence electrons. The zero-order valence-corrected chi connectivity index (χ0v) is 15.2. The van der Waals surface area contributed by atoms with E-state index in [0.29, 0.717) is 29.0 Å². The van der Waals surface area contributed by atoms with E-state index in [4.69, 9.17) is 4.98 Å². The van der Waals surface area contributed by atoms with Crippen molar-refractivity contribution in [2.75, 3.05) is 0 Å². The second-order valence-corrected chi connectivity index (χ2v) is 6.69. The summed E-state index contributed by atoms with van der Waals surface area (Å²) in [5.41, 5.74) is 4.54. The first kappa shape index (κ1) is 17.3. The lowest BCUT2D eigenvalue weighted by molar-refractivity contribution is 0.153. The fourth-order valence-corrected chi connectivity index (χ4v) is 3.30. The van der Waals surface area contributed by atoms with E-state index >= 15 is 0 Å². The van der Waals surface area contributed by atoms with Gasteiger partial charge in [-0.2, -0.15) is 5.10 Å². The Kier molecular flexibility index (Phi) is 4.44. The number of rotatable bonds is 4. The third kappa shape index (κ3) is 3.33. The van der Waals surface area contributed by atoms with Gasteiger partial charge in [-0.05, 0) is 25.5 Å². The molecule has 0 aliphatic carbocycles. The SMILES string of the molecule is Cc1ccc(-c2cc(C(F)F)c3c(C)nn(Cc4ccccc4)c3n2)cc1. The summed E-state index contributed by atoms with van der Waals surface area (Å²) in [5, 5.41) is 4.94. The normalized spacial score (nSPS) is 11.4. The summed E-state index contributed by atoms with van der Waals surface area (Å²) in [6, 6.07) is 19.0. The first-order valence-electron chi connectivity index (χ1n) is 8.80. The number of nitrogens with zero attached hydrogens (tertiary/aromatic N) is 3. The van der Waals surface area contributed by atoms with Crippen LogP contribution in [0.4, 0.5) is 8.78 Å². The zero-order valence-electron chi connectivity index (χ0n) is 15.2. The van der Waals surface area contributed by atoms with Gasteiger partial charge < -0.3 is 0 Å². The van der Waals surface area contributed by atoms with Crippen LogP contribution in [0.25, 0.3) is 22.3 Å². The topological polar surface area (TPSA) is 30.7 Å². The van der Waals surface area contributed by atoms with Crippen molar-refractivity contribution in [2.24, 2.45) is 0 Å². The molecule has 0 saturated heterocycles. The van der Waals surface area contributed by atoms with Crippen LogP contribution in [0.1, 0.15) is 28.8 Å². The van der Waals surface area contributed by atoms with E-state index in [1.807, 2.05) is 61.5 Å². The predicted molar refractivity (Wildman–Crippen MR) is 103 cm³/mol. The van der Waals surface area contributed by atoms with Crippen molar-refractivity contribution in [3.8, 4) is 11.3 Å².